The van der Waals surface area contributed by atoms with Crippen LogP contribution in [-0.2, 0) is 6.18 Å². The van der Waals surface area contributed by atoms with E-state index < -0.39 is 23.4 Å². The lowest BCUT2D eigenvalue weighted by molar-refractivity contribution is -0.137. The summed E-state index contributed by atoms with van der Waals surface area (Å²) in [5, 5.41) is 0. The maximum absolute atomic E-state index is 13.8. The molecular formula is C14H10F5N. The Hall–Kier alpha value is -2.11. The van der Waals surface area contributed by atoms with Gasteiger partial charge in [0.2, 0.25) is 0 Å². The van der Waals surface area contributed by atoms with Gasteiger partial charge in [0.25, 0.3) is 0 Å². The van der Waals surface area contributed by atoms with Crippen LogP contribution in [0.2, 0.25) is 0 Å². The van der Waals surface area contributed by atoms with Gasteiger partial charge >= 0.3 is 6.18 Å². The number of rotatable bonds is 1. The first kappa shape index (κ1) is 14.3. The fourth-order valence-electron chi connectivity index (χ4n) is 1.84. The fraction of sp³-hybridized carbons (Fsp3) is 0.143. The van der Waals surface area contributed by atoms with Crippen LogP contribution in [0.5, 0.6) is 0 Å². The van der Waals surface area contributed by atoms with Crippen LogP contribution in [0.25, 0.3) is 11.1 Å². The van der Waals surface area contributed by atoms with Gasteiger partial charge < -0.3 is 5.73 Å². The van der Waals surface area contributed by atoms with Crippen molar-refractivity contribution in [1.29, 1.82) is 0 Å². The summed E-state index contributed by atoms with van der Waals surface area (Å²) in [5.41, 5.74) is 4.28. The monoisotopic (exact) mass is 287 g/mol. The highest BCUT2D eigenvalue weighted by molar-refractivity contribution is 5.77. The van der Waals surface area contributed by atoms with Crippen molar-refractivity contribution in [1.82, 2.24) is 0 Å². The quantitative estimate of drug-likeness (QED) is 0.604. The van der Waals surface area contributed by atoms with Gasteiger partial charge in [-0.3, -0.25) is 0 Å². The SMILES string of the molecule is Cc1cc(F)c(-c2ccc(C(F)(F)F)cc2N)cc1F. The molecule has 0 aliphatic rings. The first-order valence-electron chi connectivity index (χ1n) is 5.63. The minimum atomic E-state index is -4.54. The minimum absolute atomic E-state index is 0.0226. The lowest BCUT2D eigenvalue weighted by atomic mass is 9.99. The summed E-state index contributed by atoms with van der Waals surface area (Å²) in [6.07, 6.45) is -4.54. The zero-order valence-electron chi connectivity index (χ0n) is 10.4. The van der Waals surface area contributed by atoms with Crippen molar-refractivity contribution in [3.05, 3.63) is 53.1 Å². The van der Waals surface area contributed by atoms with Gasteiger partial charge in [-0.25, -0.2) is 8.78 Å². The molecule has 6 heteroatoms. The molecule has 2 aromatic rings. The van der Waals surface area contributed by atoms with E-state index in [-0.39, 0.29) is 22.4 Å². The molecule has 0 spiro atoms. The molecule has 0 bridgehead atoms. The molecule has 0 atom stereocenters. The van der Waals surface area contributed by atoms with Crippen molar-refractivity contribution in [2.75, 3.05) is 5.73 Å². The zero-order valence-corrected chi connectivity index (χ0v) is 10.4. The van der Waals surface area contributed by atoms with E-state index in [0.29, 0.717) is 6.07 Å². The second kappa shape index (κ2) is 4.77. The van der Waals surface area contributed by atoms with Crippen LogP contribution in [-0.4, -0.2) is 0 Å². The number of aryl methyl sites for hydroxylation is 1. The van der Waals surface area contributed by atoms with Gasteiger partial charge in [-0.2, -0.15) is 13.2 Å². The van der Waals surface area contributed by atoms with Crippen LogP contribution < -0.4 is 5.73 Å². The molecule has 0 radical (unpaired) electrons. The molecule has 0 saturated carbocycles. The van der Waals surface area contributed by atoms with Crippen molar-refractivity contribution < 1.29 is 22.0 Å². The number of hydrogen-bond acceptors (Lipinski definition) is 1. The van der Waals surface area contributed by atoms with E-state index in [0.717, 1.165) is 24.3 Å². The average molecular weight is 287 g/mol. The van der Waals surface area contributed by atoms with E-state index in [9.17, 15) is 22.0 Å². The fourth-order valence-corrected chi connectivity index (χ4v) is 1.84. The van der Waals surface area contributed by atoms with E-state index in [2.05, 4.69) is 0 Å². The smallest absolute Gasteiger partial charge is 0.398 e. The molecule has 1 nitrogen and oxygen atoms in total. The summed E-state index contributed by atoms with van der Waals surface area (Å²) in [6.45, 7) is 1.39. The van der Waals surface area contributed by atoms with Gasteiger partial charge in [-0.1, -0.05) is 6.07 Å². The molecule has 0 aliphatic carbocycles. The van der Waals surface area contributed by atoms with Gasteiger partial charge in [-0.05, 0) is 36.8 Å². The van der Waals surface area contributed by atoms with E-state index in [1.54, 1.807) is 0 Å². The van der Waals surface area contributed by atoms with Crippen LogP contribution in [0.1, 0.15) is 11.1 Å². The molecule has 0 unspecified atom stereocenters. The molecule has 2 N–H and O–H groups in total. The Kier molecular flexibility index (Phi) is 3.41. The van der Waals surface area contributed by atoms with Gasteiger partial charge in [0.15, 0.2) is 0 Å². The summed E-state index contributed by atoms with van der Waals surface area (Å²) < 4.78 is 64.8. The summed E-state index contributed by atoms with van der Waals surface area (Å²) in [5.74, 6) is -1.39. The second-order valence-electron chi connectivity index (χ2n) is 4.38. The number of alkyl halides is 3. The highest BCUT2D eigenvalue weighted by atomic mass is 19.4. The van der Waals surface area contributed by atoms with Gasteiger partial charge in [0, 0.05) is 16.8 Å². The molecule has 0 aromatic heterocycles. The van der Waals surface area contributed by atoms with E-state index in [1.807, 2.05) is 0 Å². The summed E-state index contributed by atoms with van der Waals surface area (Å²) in [6, 6.07) is 4.41. The molecule has 0 fully saturated rings. The first-order valence-corrected chi connectivity index (χ1v) is 5.63. The maximum atomic E-state index is 13.8. The third-order valence-electron chi connectivity index (χ3n) is 2.92. The number of hydrogen-bond donors (Lipinski definition) is 1. The number of benzene rings is 2. The Morgan fingerprint density at radius 1 is 0.900 bits per heavy atom. The van der Waals surface area contributed by atoms with Crippen LogP contribution in [0.3, 0.4) is 0 Å². The van der Waals surface area contributed by atoms with Crippen LogP contribution in [0.15, 0.2) is 30.3 Å². The van der Waals surface area contributed by atoms with Crippen LogP contribution >= 0.6 is 0 Å². The number of nitrogens with two attached hydrogens (primary N) is 1. The normalized spacial score (nSPS) is 11.7. The van der Waals surface area contributed by atoms with Crippen molar-refractivity contribution in [3.8, 4) is 11.1 Å². The zero-order chi connectivity index (χ0) is 15.1. The highest BCUT2D eigenvalue weighted by Gasteiger charge is 2.31. The van der Waals surface area contributed by atoms with Gasteiger partial charge in [0.1, 0.15) is 11.6 Å². The van der Waals surface area contributed by atoms with Gasteiger partial charge in [0.05, 0.1) is 5.56 Å². The van der Waals surface area contributed by atoms with Crippen molar-refractivity contribution in [3.63, 3.8) is 0 Å². The van der Waals surface area contributed by atoms with Crippen molar-refractivity contribution >= 4 is 5.69 Å². The molecule has 0 heterocycles. The third kappa shape index (κ3) is 2.59. The Morgan fingerprint density at radius 3 is 2.10 bits per heavy atom. The predicted molar refractivity (Wildman–Crippen MR) is 65.9 cm³/mol. The van der Waals surface area contributed by atoms with Crippen LogP contribution in [0, 0.1) is 18.6 Å². The Morgan fingerprint density at radius 2 is 1.55 bits per heavy atom. The molecule has 2 rings (SSSR count). The molecule has 106 valence electrons. The third-order valence-corrected chi connectivity index (χ3v) is 2.92. The summed E-state index contributed by atoms with van der Waals surface area (Å²) >= 11 is 0. The second-order valence-corrected chi connectivity index (χ2v) is 4.38. The molecule has 0 saturated heterocycles. The molecule has 0 aliphatic heterocycles. The molecule has 20 heavy (non-hydrogen) atoms. The summed E-state index contributed by atoms with van der Waals surface area (Å²) in [7, 11) is 0. The van der Waals surface area contributed by atoms with Crippen molar-refractivity contribution in [2.45, 2.75) is 13.1 Å². The minimum Gasteiger partial charge on any atom is -0.398 e. The largest absolute Gasteiger partial charge is 0.416 e. The first-order chi connectivity index (χ1) is 9.20. The summed E-state index contributed by atoms with van der Waals surface area (Å²) in [4.78, 5) is 0. The molecule has 2 aromatic carbocycles. The number of nitrogen functional groups attached to an aromatic ring is 1. The Bertz CT molecular complexity index is 661. The highest BCUT2D eigenvalue weighted by Crippen LogP contribution is 2.35. The standard InChI is InChI=1S/C14H10F5N/c1-7-4-12(16)10(6-11(7)15)9-3-2-8(5-13(9)20)14(17,18)19/h2-6H,20H2,1H3. The van der Waals surface area contributed by atoms with E-state index in [1.165, 1.54) is 6.92 Å². The lowest BCUT2D eigenvalue weighted by Gasteiger charge is -2.12. The molecular weight excluding hydrogens is 277 g/mol. The van der Waals surface area contributed by atoms with Crippen molar-refractivity contribution in [2.24, 2.45) is 0 Å². The number of halogens is 5. The van der Waals surface area contributed by atoms with Gasteiger partial charge in [-0.15, -0.1) is 0 Å². The van der Waals surface area contributed by atoms with Crippen LogP contribution in [0.4, 0.5) is 27.6 Å². The maximum Gasteiger partial charge on any atom is 0.416 e. The lowest BCUT2D eigenvalue weighted by Crippen LogP contribution is -2.06. The average Bonchev–Trinajstić information content (AvgIpc) is 2.33. The number of anilines is 1. The van der Waals surface area contributed by atoms with E-state index in [4.69, 9.17) is 5.73 Å². The topological polar surface area (TPSA) is 26.0 Å². The Labute approximate surface area is 111 Å². The van der Waals surface area contributed by atoms with E-state index >= 15 is 0 Å². The Balaban J connectivity index is 2.57. The predicted octanol–water partition coefficient (Wildman–Crippen LogP) is 4.54. The molecule has 0 amide bonds.